The molecule has 0 aliphatic carbocycles. The lowest BCUT2D eigenvalue weighted by Crippen LogP contribution is -2.19. The maximum Gasteiger partial charge on any atom is 0.244 e. The van der Waals surface area contributed by atoms with Gasteiger partial charge in [-0.25, -0.2) is 10.1 Å². The average Bonchev–Trinajstić information content (AvgIpc) is 3.49. The average molecular weight is 447 g/mol. The van der Waals surface area contributed by atoms with Gasteiger partial charge >= 0.3 is 0 Å². The van der Waals surface area contributed by atoms with Gasteiger partial charge in [0, 0.05) is 11.8 Å². The van der Waals surface area contributed by atoms with E-state index in [4.69, 9.17) is 14.6 Å². The van der Waals surface area contributed by atoms with E-state index in [0.717, 1.165) is 27.4 Å². The van der Waals surface area contributed by atoms with Gasteiger partial charge in [-0.3, -0.25) is 4.79 Å². The van der Waals surface area contributed by atoms with Crippen molar-refractivity contribution < 1.29 is 14.3 Å². The first kappa shape index (κ1) is 21.3. The van der Waals surface area contributed by atoms with Gasteiger partial charge in [-0.2, -0.15) is 10.2 Å². The number of hydrazone groups is 1. The summed E-state index contributed by atoms with van der Waals surface area (Å²) in [6.07, 6.45) is 3.68. The van der Waals surface area contributed by atoms with E-state index in [1.807, 2.05) is 64.8 Å². The van der Waals surface area contributed by atoms with Gasteiger partial charge < -0.3 is 9.47 Å². The van der Waals surface area contributed by atoms with Gasteiger partial charge in [-0.15, -0.1) is 11.3 Å². The molecule has 8 heteroatoms. The number of aromatic nitrogens is 2. The Labute approximate surface area is 189 Å². The zero-order valence-electron chi connectivity index (χ0n) is 17.7. The van der Waals surface area contributed by atoms with E-state index < -0.39 is 0 Å². The van der Waals surface area contributed by atoms with Crippen LogP contribution in [0.1, 0.15) is 11.1 Å². The highest BCUT2D eigenvalue weighted by atomic mass is 32.1. The van der Waals surface area contributed by atoms with Crippen LogP contribution >= 0.6 is 11.3 Å². The van der Waals surface area contributed by atoms with Gasteiger partial charge in [0.15, 0.2) is 11.5 Å². The highest BCUT2D eigenvalue weighted by Crippen LogP contribution is 2.28. The lowest BCUT2D eigenvalue weighted by Gasteiger charge is -2.09. The second-order valence-electron chi connectivity index (χ2n) is 6.85. The lowest BCUT2D eigenvalue weighted by molar-refractivity contribution is -0.120. The van der Waals surface area contributed by atoms with Crippen LogP contribution in [0.4, 0.5) is 0 Å². The van der Waals surface area contributed by atoms with Crippen LogP contribution < -0.4 is 14.9 Å². The molecule has 0 atom stereocenters. The van der Waals surface area contributed by atoms with Crippen molar-refractivity contribution in [3.8, 4) is 27.8 Å². The fourth-order valence-electron chi connectivity index (χ4n) is 3.19. The third-order valence-corrected chi connectivity index (χ3v) is 5.60. The zero-order valence-corrected chi connectivity index (χ0v) is 18.5. The molecule has 4 aromatic rings. The van der Waals surface area contributed by atoms with Gasteiger partial charge in [-0.1, -0.05) is 30.3 Å². The Morgan fingerprint density at radius 1 is 1.09 bits per heavy atom. The molecule has 162 valence electrons. The van der Waals surface area contributed by atoms with E-state index in [0.29, 0.717) is 11.5 Å². The van der Waals surface area contributed by atoms with E-state index in [1.54, 1.807) is 43.9 Å². The standard InChI is InChI=1S/C24H22N4O3S/c1-30-20-11-10-17(13-21(20)31-2)14-23(29)26-25-15-18-16-28(19-7-4-3-5-8-19)27-24(18)22-9-6-12-32-22/h3-13,15-16H,14H2,1-2H3,(H,26,29)/b25-15+. The van der Waals surface area contributed by atoms with E-state index in [2.05, 4.69) is 10.5 Å². The normalized spacial score (nSPS) is 10.9. The molecular weight excluding hydrogens is 424 g/mol. The molecule has 2 aromatic carbocycles. The summed E-state index contributed by atoms with van der Waals surface area (Å²) in [5.74, 6) is 0.961. The molecule has 4 rings (SSSR count). The summed E-state index contributed by atoms with van der Waals surface area (Å²) in [6, 6.07) is 19.2. The number of rotatable bonds is 8. The Hall–Kier alpha value is -3.91. The van der Waals surface area contributed by atoms with Crippen LogP contribution in [0.25, 0.3) is 16.3 Å². The number of carbonyl (C=O) groups excluding carboxylic acids is 1. The molecule has 7 nitrogen and oxygen atoms in total. The number of carbonyl (C=O) groups is 1. The Balaban J connectivity index is 1.49. The molecule has 32 heavy (non-hydrogen) atoms. The summed E-state index contributed by atoms with van der Waals surface area (Å²) in [6.45, 7) is 0. The number of para-hydroxylation sites is 1. The fraction of sp³-hybridized carbons (Fsp3) is 0.125. The van der Waals surface area contributed by atoms with Crippen LogP contribution in [-0.4, -0.2) is 36.1 Å². The molecule has 0 bridgehead atoms. The third kappa shape index (κ3) is 4.87. The highest BCUT2D eigenvalue weighted by Gasteiger charge is 2.12. The Kier molecular flexibility index (Phi) is 6.62. The van der Waals surface area contributed by atoms with Crippen molar-refractivity contribution in [1.29, 1.82) is 0 Å². The van der Waals surface area contributed by atoms with Gasteiger partial charge in [0.25, 0.3) is 0 Å². The molecule has 0 spiro atoms. The molecule has 1 amide bonds. The number of hydrogen-bond acceptors (Lipinski definition) is 6. The van der Waals surface area contributed by atoms with Crippen LogP contribution in [0.15, 0.2) is 77.3 Å². The molecule has 2 aromatic heterocycles. The number of hydrogen-bond donors (Lipinski definition) is 1. The SMILES string of the molecule is COc1ccc(CC(=O)N/N=C/c2cn(-c3ccccc3)nc2-c2cccs2)cc1OC. The van der Waals surface area contributed by atoms with Gasteiger partial charge in [0.1, 0.15) is 5.69 Å². The second-order valence-corrected chi connectivity index (χ2v) is 7.80. The first-order chi connectivity index (χ1) is 15.7. The predicted molar refractivity (Wildman–Crippen MR) is 126 cm³/mol. The van der Waals surface area contributed by atoms with Crippen molar-refractivity contribution in [3.05, 3.63) is 83.4 Å². The second kappa shape index (κ2) is 9.93. The van der Waals surface area contributed by atoms with Crippen LogP contribution in [0.5, 0.6) is 11.5 Å². The Bertz CT molecular complexity index is 1220. The summed E-state index contributed by atoms with van der Waals surface area (Å²) < 4.78 is 12.3. The fourth-order valence-corrected chi connectivity index (χ4v) is 3.92. The number of nitrogens with zero attached hydrogens (tertiary/aromatic N) is 3. The number of nitrogens with one attached hydrogen (secondary N) is 1. The molecular formula is C24H22N4O3S. The molecule has 0 unspecified atom stereocenters. The summed E-state index contributed by atoms with van der Waals surface area (Å²) in [7, 11) is 3.14. The first-order valence-electron chi connectivity index (χ1n) is 9.89. The van der Waals surface area contributed by atoms with Crippen LogP contribution in [0.2, 0.25) is 0 Å². The number of thiophene rings is 1. The van der Waals surface area contributed by atoms with Crippen molar-refractivity contribution >= 4 is 23.5 Å². The van der Waals surface area contributed by atoms with Gasteiger partial charge in [-0.05, 0) is 41.3 Å². The quantitative estimate of drug-likeness (QED) is 0.323. The molecule has 0 fully saturated rings. The van der Waals surface area contributed by atoms with Crippen LogP contribution in [-0.2, 0) is 11.2 Å². The van der Waals surface area contributed by atoms with Crippen molar-refractivity contribution in [2.75, 3.05) is 14.2 Å². The molecule has 1 N–H and O–H groups in total. The van der Waals surface area contributed by atoms with E-state index in [9.17, 15) is 4.79 Å². The summed E-state index contributed by atoms with van der Waals surface area (Å²) in [5, 5.41) is 10.9. The predicted octanol–water partition coefficient (Wildman–Crippen LogP) is 4.31. The van der Waals surface area contributed by atoms with Crippen LogP contribution in [0.3, 0.4) is 0 Å². The third-order valence-electron chi connectivity index (χ3n) is 4.72. The van der Waals surface area contributed by atoms with E-state index >= 15 is 0 Å². The molecule has 0 aliphatic heterocycles. The van der Waals surface area contributed by atoms with E-state index in [1.165, 1.54) is 0 Å². The van der Waals surface area contributed by atoms with Gasteiger partial charge in [0.05, 0.1) is 37.4 Å². The van der Waals surface area contributed by atoms with E-state index in [-0.39, 0.29) is 12.3 Å². The molecule has 0 saturated carbocycles. The number of ether oxygens (including phenoxy) is 2. The van der Waals surface area contributed by atoms with Gasteiger partial charge in [0.2, 0.25) is 5.91 Å². The van der Waals surface area contributed by atoms with Crippen molar-refractivity contribution in [3.63, 3.8) is 0 Å². The molecule has 0 radical (unpaired) electrons. The minimum absolute atomic E-state index is 0.165. The zero-order chi connectivity index (χ0) is 22.3. The lowest BCUT2D eigenvalue weighted by atomic mass is 10.1. The first-order valence-corrected chi connectivity index (χ1v) is 10.8. The number of amides is 1. The topological polar surface area (TPSA) is 77.7 Å². The summed E-state index contributed by atoms with van der Waals surface area (Å²) >= 11 is 1.60. The maximum atomic E-state index is 12.4. The Morgan fingerprint density at radius 2 is 1.91 bits per heavy atom. The monoisotopic (exact) mass is 446 g/mol. The summed E-state index contributed by atoms with van der Waals surface area (Å²) in [4.78, 5) is 13.4. The highest BCUT2D eigenvalue weighted by molar-refractivity contribution is 7.13. The largest absolute Gasteiger partial charge is 0.493 e. The van der Waals surface area contributed by atoms with Crippen LogP contribution in [0, 0.1) is 0 Å². The minimum atomic E-state index is -0.235. The maximum absolute atomic E-state index is 12.4. The van der Waals surface area contributed by atoms with Crippen molar-refractivity contribution in [2.24, 2.45) is 5.10 Å². The Morgan fingerprint density at radius 3 is 2.62 bits per heavy atom. The minimum Gasteiger partial charge on any atom is -0.493 e. The number of benzene rings is 2. The van der Waals surface area contributed by atoms with Crippen molar-refractivity contribution in [1.82, 2.24) is 15.2 Å². The van der Waals surface area contributed by atoms with Crippen molar-refractivity contribution in [2.45, 2.75) is 6.42 Å². The molecule has 2 heterocycles. The summed E-state index contributed by atoms with van der Waals surface area (Å²) in [5.41, 5.74) is 5.95. The smallest absolute Gasteiger partial charge is 0.244 e. The number of methoxy groups -OCH3 is 2. The molecule has 0 aliphatic rings. The molecule has 0 saturated heterocycles.